The van der Waals surface area contributed by atoms with Gasteiger partial charge in [-0.25, -0.2) is 9.18 Å². The van der Waals surface area contributed by atoms with Gasteiger partial charge in [-0.3, -0.25) is 4.79 Å². The minimum absolute atomic E-state index is 0.0231. The van der Waals surface area contributed by atoms with Crippen molar-refractivity contribution in [1.82, 2.24) is 15.5 Å². The lowest BCUT2D eigenvalue weighted by molar-refractivity contribution is 0.0707. The highest BCUT2D eigenvalue weighted by molar-refractivity contribution is 5.93. The van der Waals surface area contributed by atoms with Gasteiger partial charge in [0.25, 0.3) is 5.91 Å². The third-order valence-electron chi connectivity index (χ3n) is 4.60. The third-order valence-corrected chi connectivity index (χ3v) is 4.60. The molecule has 144 valence electrons. The van der Waals surface area contributed by atoms with Gasteiger partial charge in [0, 0.05) is 25.7 Å². The average Bonchev–Trinajstić information content (AvgIpc) is 3.21. The van der Waals surface area contributed by atoms with E-state index >= 15 is 0 Å². The number of halogens is 1. The monoisotopic (exact) mass is 375 g/mol. The highest BCUT2D eigenvalue weighted by atomic mass is 19.1. The summed E-state index contributed by atoms with van der Waals surface area (Å²) in [6.45, 7) is 1.12. The number of aliphatic hydroxyl groups is 1. The molecule has 0 spiro atoms. The maximum absolute atomic E-state index is 12.9. The van der Waals surface area contributed by atoms with Crippen LogP contribution >= 0.6 is 0 Å². The minimum atomic E-state index is -0.911. The number of aliphatic hydroxyl groups excluding tert-OH is 1. The van der Waals surface area contributed by atoms with Crippen LogP contribution in [0.2, 0.25) is 0 Å². The number of hydrogen-bond acceptors (Lipinski definition) is 4. The zero-order valence-electron chi connectivity index (χ0n) is 14.7. The van der Waals surface area contributed by atoms with Crippen molar-refractivity contribution in [3.63, 3.8) is 0 Å². The van der Waals surface area contributed by atoms with E-state index < -0.39 is 6.10 Å². The summed E-state index contributed by atoms with van der Waals surface area (Å²) in [5, 5.41) is 15.5. The molecule has 0 radical (unpaired) electrons. The molecule has 2 aromatic rings. The van der Waals surface area contributed by atoms with Crippen LogP contribution in [0.15, 0.2) is 47.3 Å². The second kappa shape index (κ2) is 8.68. The molecule has 1 saturated heterocycles. The van der Waals surface area contributed by atoms with E-state index in [1.54, 1.807) is 11.0 Å². The van der Waals surface area contributed by atoms with Crippen molar-refractivity contribution in [1.29, 1.82) is 0 Å². The van der Waals surface area contributed by atoms with Crippen molar-refractivity contribution < 1.29 is 23.5 Å². The molecule has 1 atom stereocenters. The Morgan fingerprint density at radius 3 is 2.56 bits per heavy atom. The van der Waals surface area contributed by atoms with Gasteiger partial charge in [-0.2, -0.15) is 0 Å². The number of likely N-dealkylation sites (tertiary alicyclic amines) is 1. The summed E-state index contributed by atoms with van der Waals surface area (Å²) in [6, 6.07) is 6.69. The lowest BCUT2D eigenvalue weighted by atomic mass is 10.0. The van der Waals surface area contributed by atoms with Gasteiger partial charge in [0.1, 0.15) is 12.1 Å². The molecule has 1 aliphatic heterocycles. The van der Waals surface area contributed by atoms with Gasteiger partial charge in [0.05, 0.1) is 17.9 Å². The van der Waals surface area contributed by atoms with Gasteiger partial charge in [0.2, 0.25) is 0 Å². The molecule has 8 heteroatoms. The van der Waals surface area contributed by atoms with Crippen LogP contribution in [0.4, 0.5) is 9.18 Å². The van der Waals surface area contributed by atoms with E-state index in [9.17, 15) is 19.1 Å². The number of carbonyl (C=O) groups excluding carboxylic acids is 2. The van der Waals surface area contributed by atoms with Crippen LogP contribution in [0.25, 0.3) is 0 Å². The van der Waals surface area contributed by atoms with Crippen molar-refractivity contribution in [2.24, 2.45) is 0 Å². The Hall–Kier alpha value is -2.87. The van der Waals surface area contributed by atoms with Crippen LogP contribution in [0.1, 0.15) is 34.9 Å². The Balaban J connectivity index is 1.39. The molecule has 3 amide bonds. The molecule has 7 nitrogen and oxygen atoms in total. The molecule has 1 aliphatic rings. The van der Waals surface area contributed by atoms with Crippen molar-refractivity contribution >= 4 is 11.9 Å². The number of urea groups is 1. The Morgan fingerprint density at radius 2 is 1.93 bits per heavy atom. The van der Waals surface area contributed by atoms with Crippen molar-refractivity contribution in [2.45, 2.75) is 25.0 Å². The Kier molecular flexibility index (Phi) is 6.08. The SMILES string of the molecule is O=C(NCC(O)c1ccc(F)cc1)NC1CCN(C(=O)c2ccoc2)CC1. The van der Waals surface area contributed by atoms with E-state index in [1.165, 1.54) is 36.8 Å². The van der Waals surface area contributed by atoms with Gasteiger partial charge in [-0.15, -0.1) is 0 Å². The van der Waals surface area contributed by atoms with Gasteiger partial charge < -0.3 is 25.1 Å². The number of nitrogens with zero attached hydrogens (tertiary/aromatic N) is 1. The molecular formula is C19H22FN3O4. The van der Waals surface area contributed by atoms with E-state index in [4.69, 9.17) is 4.42 Å². The molecule has 2 heterocycles. The number of hydrogen-bond donors (Lipinski definition) is 3. The molecule has 1 unspecified atom stereocenters. The topological polar surface area (TPSA) is 94.8 Å². The maximum atomic E-state index is 12.9. The summed E-state index contributed by atoms with van der Waals surface area (Å²) in [7, 11) is 0. The van der Waals surface area contributed by atoms with Crippen LogP contribution in [-0.2, 0) is 0 Å². The van der Waals surface area contributed by atoms with Gasteiger partial charge in [-0.05, 0) is 36.6 Å². The third kappa shape index (κ3) is 5.07. The number of benzene rings is 1. The number of piperidine rings is 1. The summed E-state index contributed by atoms with van der Waals surface area (Å²) >= 11 is 0. The molecule has 3 rings (SSSR count). The lowest BCUT2D eigenvalue weighted by Crippen LogP contribution is -2.49. The number of nitrogens with one attached hydrogen (secondary N) is 2. The molecule has 0 aliphatic carbocycles. The van der Waals surface area contributed by atoms with Crippen LogP contribution in [0.5, 0.6) is 0 Å². The Morgan fingerprint density at radius 1 is 1.22 bits per heavy atom. The lowest BCUT2D eigenvalue weighted by Gasteiger charge is -2.32. The van der Waals surface area contributed by atoms with E-state index in [0.717, 1.165) is 0 Å². The molecule has 0 saturated carbocycles. The fourth-order valence-corrected chi connectivity index (χ4v) is 3.02. The average molecular weight is 375 g/mol. The first-order chi connectivity index (χ1) is 13.0. The van der Waals surface area contributed by atoms with E-state index in [-0.39, 0.29) is 30.3 Å². The Labute approximate surface area is 156 Å². The summed E-state index contributed by atoms with van der Waals surface area (Å²) < 4.78 is 17.8. The predicted molar refractivity (Wildman–Crippen MR) is 95.5 cm³/mol. The molecular weight excluding hydrogens is 353 g/mol. The Bertz CT molecular complexity index is 756. The first kappa shape index (κ1) is 18.9. The number of rotatable bonds is 5. The molecule has 3 N–H and O–H groups in total. The van der Waals surface area contributed by atoms with Crippen LogP contribution < -0.4 is 10.6 Å². The van der Waals surface area contributed by atoms with Crippen LogP contribution in [0, 0.1) is 5.82 Å². The fraction of sp³-hybridized carbons (Fsp3) is 0.368. The summed E-state index contributed by atoms with van der Waals surface area (Å²) in [5.74, 6) is -0.455. The zero-order valence-corrected chi connectivity index (χ0v) is 14.7. The smallest absolute Gasteiger partial charge is 0.315 e. The molecule has 1 aromatic carbocycles. The highest BCUT2D eigenvalue weighted by Crippen LogP contribution is 2.15. The first-order valence-electron chi connectivity index (χ1n) is 8.82. The van der Waals surface area contributed by atoms with Crippen molar-refractivity contribution in [3.05, 3.63) is 59.8 Å². The van der Waals surface area contributed by atoms with E-state index in [0.29, 0.717) is 37.1 Å². The summed E-state index contributed by atoms with van der Waals surface area (Å²) in [6.07, 6.45) is 3.28. The fourth-order valence-electron chi connectivity index (χ4n) is 3.02. The summed E-state index contributed by atoms with van der Waals surface area (Å²) in [4.78, 5) is 26.0. The molecule has 1 fully saturated rings. The predicted octanol–water partition coefficient (Wildman–Crippen LogP) is 2.06. The second-order valence-corrected chi connectivity index (χ2v) is 6.50. The second-order valence-electron chi connectivity index (χ2n) is 6.50. The largest absolute Gasteiger partial charge is 0.472 e. The standard InChI is InChI=1S/C19H22FN3O4/c20-15-3-1-13(2-4-15)17(24)11-21-19(26)22-16-5-8-23(9-6-16)18(25)14-7-10-27-12-14/h1-4,7,10,12,16-17,24H,5-6,8-9,11H2,(H2,21,22,26). The van der Waals surface area contributed by atoms with Gasteiger partial charge in [-0.1, -0.05) is 12.1 Å². The zero-order chi connectivity index (χ0) is 19.2. The number of amides is 3. The normalized spacial score (nSPS) is 16.0. The van der Waals surface area contributed by atoms with E-state index in [1.807, 2.05) is 0 Å². The quantitative estimate of drug-likeness (QED) is 0.746. The van der Waals surface area contributed by atoms with E-state index in [2.05, 4.69) is 10.6 Å². The maximum Gasteiger partial charge on any atom is 0.315 e. The van der Waals surface area contributed by atoms with Crippen molar-refractivity contribution in [3.8, 4) is 0 Å². The van der Waals surface area contributed by atoms with Gasteiger partial charge >= 0.3 is 6.03 Å². The molecule has 0 bridgehead atoms. The summed E-state index contributed by atoms with van der Waals surface area (Å²) in [5.41, 5.74) is 1.05. The first-order valence-corrected chi connectivity index (χ1v) is 8.82. The molecule has 27 heavy (non-hydrogen) atoms. The van der Waals surface area contributed by atoms with Gasteiger partial charge in [0.15, 0.2) is 0 Å². The van der Waals surface area contributed by atoms with Crippen LogP contribution in [0.3, 0.4) is 0 Å². The van der Waals surface area contributed by atoms with Crippen LogP contribution in [-0.4, -0.2) is 47.6 Å². The minimum Gasteiger partial charge on any atom is -0.472 e. The number of carbonyl (C=O) groups is 2. The number of furan rings is 1. The molecule has 1 aromatic heterocycles. The van der Waals surface area contributed by atoms with Crippen molar-refractivity contribution in [2.75, 3.05) is 19.6 Å². The highest BCUT2D eigenvalue weighted by Gasteiger charge is 2.25.